The van der Waals surface area contributed by atoms with E-state index in [-0.39, 0.29) is 24.0 Å². The van der Waals surface area contributed by atoms with E-state index in [9.17, 15) is 15.3 Å². The zero-order valence-electron chi connectivity index (χ0n) is 12.6. The van der Waals surface area contributed by atoms with Crippen LogP contribution in [0.2, 0.25) is 0 Å². The third-order valence-electron chi connectivity index (χ3n) is 3.62. The highest BCUT2D eigenvalue weighted by atomic mass is 16.5. The standard InChI is InChI=1S/C17H20O5/c1-21-16-6-3-11(9-17(16)22-2)13(7-8-18)14-5-4-12(19)10-15(14)20/h3-6,9-10,13,18-20H,7-8H2,1-2H3. The monoisotopic (exact) mass is 304 g/mol. The predicted octanol–water partition coefficient (Wildman–Crippen LogP) is 2.63. The molecule has 0 aliphatic rings. The number of phenolic OH excluding ortho intramolecular Hbond substituents is 2. The molecule has 0 amide bonds. The van der Waals surface area contributed by atoms with Crippen LogP contribution in [0.5, 0.6) is 23.0 Å². The molecule has 5 nitrogen and oxygen atoms in total. The van der Waals surface area contributed by atoms with Crippen LogP contribution in [-0.4, -0.2) is 36.1 Å². The zero-order valence-corrected chi connectivity index (χ0v) is 12.6. The molecule has 0 spiro atoms. The van der Waals surface area contributed by atoms with Crippen molar-refractivity contribution in [1.82, 2.24) is 0 Å². The Balaban J connectivity index is 2.47. The van der Waals surface area contributed by atoms with E-state index >= 15 is 0 Å². The van der Waals surface area contributed by atoms with Crippen LogP contribution in [0.4, 0.5) is 0 Å². The fourth-order valence-electron chi connectivity index (χ4n) is 2.53. The second-order valence-electron chi connectivity index (χ2n) is 4.92. The van der Waals surface area contributed by atoms with Crippen molar-refractivity contribution >= 4 is 0 Å². The van der Waals surface area contributed by atoms with Crippen molar-refractivity contribution in [2.75, 3.05) is 20.8 Å². The molecule has 0 fully saturated rings. The highest BCUT2D eigenvalue weighted by molar-refractivity contribution is 5.49. The van der Waals surface area contributed by atoms with Crippen LogP contribution in [-0.2, 0) is 0 Å². The number of aliphatic hydroxyl groups is 1. The minimum atomic E-state index is -0.217. The maximum absolute atomic E-state index is 10.1. The Kier molecular flexibility index (Phi) is 5.12. The van der Waals surface area contributed by atoms with Crippen LogP contribution in [0.25, 0.3) is 0 Å². The predicted molar refractivity (Wildman–Crippen MR) is 82.9 cm³/mol. The summed E-state index contributed by atoms with van der Waals surface area (Å²) in [6.45, 7) is -0.0284. The molecule has 5 heteroatoms. The summed E-state index contributed by atoms with van der Waals surface area (Å²) >= 11 is 0. The Morgan fingerprint density at radius 2 is 1.68 bits per heavy atom. The Morgan fingerprint density at radius 3 is 2.27 bits per heavy atom. The lowest BCUT2D eigenvalue weighted by Crippen LogP contribution is -2.05. The van der Waals surface area contributed by atoms with E-state index in [1.807, 2.05) is 12.1 Å². The summed E-state index contributed by atoms with van der Waals surface area (Å²) in [7, 11) is 3.12. The van der Waals surface area contributed by atoms with Crippen LogP contribution < -0.4 is 9.47 Å². The SMILES string of the molecule is COc1ccc(C(CCO)c2ccc(O)cc2O)cc1OC. The molecular formula is C17H20O5. The van der Waals surface area contributed by atoms with Crippen molar-refractivity contribution in [3.63, 3.8) is 0 Å². The lowest BCUT2D eigenvalue weighted by molar-refractivity contribution is 0.280. The Labute approximate surface area is 129 Å². The summed E-state index contributed by atoms with van der Waals surface area (Å²) in [5.74, 6) is 0.972. The summed E-state index contributed by atoms with van der Waals surface area (Å²) < 4.78 is 10.5. The number of benzene rings is 2. The first-order valence-electron chi connectivity index (χ1n) is 6.95. The summed E-state index contributed by atoms with van der Waals surface area (Å²) in [5.41, 5.74) is 1.52. The van der Waals surface area contributed by atoms with E-state index in [0.29, 0.717) is 23.5 Å². The number of rotatable bonds is 6. The van der Waals surface area contributed by atoms with Crippen molar-refractivity contribution in [2.45, 2.75) is 12.3 Å². The van der Waals surface area contributed by atoms with Crippen molar-refractivity contribution in [3.05, 3.63) is 47.5 Å². The number of phenols is 2. The van der Waals surface area contributed by atoms with Gasteiger partial charge in [-0.25, -0.2) is 0 Å². The van der Waals surface area contributed by atoms with Crippen LogP contribution in [0.1, 0.15) is 23.5 Å². The topological polar surface area (TPSA) is 79.2 Å². The second-order valence-corrected chi connectivity index (χ2v) is 4.92. The van der Waals surface area contributed by atoms with Crippen LogP contribution in [0, 0.1) is 0 Å². The van der Waals surface area contributed by atoms with E-state index in [1.165, 1.54) is 12.1 Å². The largest absolute Gasteiger partial charge is 0.508 e. The molecule has 2 aromatic rings. The van der Waals surface area contributed by atoms with E-state index in [2.05, 4.69) is 0 Å². The molecule has 22 heavy (non-hydrogen) atoms. The van der Waals surface area contributed by atoms with Gasteiger partial charge in [0.05, 0.1) is 14.2 Å². The van der Waals surface area contributed by atoms with Crippen molar-refractivity contribution in [1.29, 1.82) is 0 Å². The molecular weight excluding hydrogens is 284 g/mol. The average Bonchev–Trinajstić information content (AvgIpc) is 2.52. The van der Waals surface area contributed by atoms with Gasteiger partial charge < -0.3 is 24.8 Å². The fourth-order valence-corrected chi connectivity index (χ4v) is 2.53. The molecule has 0 bridgehead atoms. The molecule has 0 aliphatic heterocycles. The molecule has 2 aromatic carbocycles. The molecule has 1 unspecified atom stereocenters. The molecule has 0 saturated carbocycles. The highest BCUT2D eigenvalue weighted by Crippen LogP contribution is 2.38. The number of hydrogen-bond donors (Lipinski definition) is 3. The van der Waals surface area contributed by atoms with Gasteiger partial charge >= 0.3 is 0 Å². The molecule has 118 valence electrons. The zero-order chi connectivity index (χ0) is 16.1. The summed E-state index contributed by atoms with van der Waals surface area (Å²) in [5, 5.41) is 28.8. The number of ether oxygens (including phenoxy) is 2. The van der Waals surface area contributed by atoms with Crippen LogP contribution in [0.3, 0.4) is 0 Å². The summed E-state index contributed by atoms with van der Waals surface area (Å²) in [6, 6.07) is 9.94. The molecule has 1 atom stereocenters. The van der Waals surface area contributed by atoms with E-state index in [1.54, 1.807) is 26.4 Å². The van der Waals surface area contributed by atoms with Gasteiger partial charge in [-0.1, -0.05) is 12.1 Å². The lowest BCUT2D eigenvalue weighted by atomic mass is 9.88. The Morgan fingerprint density at radius 1 is 0.955 bits per heavy atom. The molecule has 0 heterocycles. The van der Waals surface area contributed by atoms with Gasteiger partial charge in [0.15, 0.2) is 11.5 Å². The summed E-state index contributed by atoms with van der Waals surface area (Å²) in [6.07, 6.45) is 0.438. The van der Waals surface area contributed by atoms with Crippen molar-refractivity contribution in [2.24, 2.45) is 0 Å². The van der Waals surface area contributed by atoms with Gasteiger partial charge in [-0.05, 0) is 30.2 Å². The Hall–Kier alpha value is -2.40. The lowest BCUT2D eigenvalue weighted by Gasteiger charge is -2.20. The van der Waals surface area contributed by atoms with Gasteiger partial charge in [-0.15, -0.1) is 0 Å². The Bertz CT molecular complexity index is 639. The molecule has 3 N–H and O–H groups in total. The molecule has 0 radical (unpaired) electrons. The van der Waals surface area contributed by atoms with E-state index in [0.717, 1.165) is 5.56 Å². The average molecular weight is 304 g/mol. The van der Waals surface area contributed by atoms with Gasteiger partial charge in [0, 0.05) is 24.2 Å². The maximum Gasteiger partial charge on any atom is 0.161 e. The number of methoxy groups -OCH3 is 2. The summed E-state index contributed by atoms with van der Waals surface area (Å²) in [4.78, 5) is 0. The highest BCUT2D eigenvalue weighted by Gasteiger charge is 2.19. The third kappa shape index (κ3) is 3.26. The first kappa shape index (κ1) is 16.0. The van der Waals surface area contributed by atoms with Gasteiger partial charge in [0.2, 0.25) is 0 Å². The van der Waals surface area contributed by atoms with Gasteiger partial charge in [-0.3, -0.25) is 0 Å². The smallest absolute Gasteiger partial charge is 0.161 e. The first-order valence-corrected chi connectivity index (χ1v) is 6.95. The van der Waals surface area contributed by atoms with Crippen LogP contribution in [0.15, 0.2) is 36.4 Å². The van der Waals surface area contributed by atoms with Gasteiger partial charge in [0.25, 0.3) is 0 Å². The molecule has 0 saturated heterocycles. The van der Waals surface area contributed by atoms with Crippen molar-refractivity contribution in [3.8, 4) is 23.0 Å². The number of aliphatic hydroxyl groups excluding tert-OH is 1. The maximum atomic E-state index is 10.1. The van der Waals surface area contributed by atoms with Gasteiger partial charge in [0.1, 0.15) is 11.5 Å². The van der Waals surface area contributed by atoms with E-state index in [4.69, 9.17) is 9.47 Å². The number of aromatic hydroxyl groups is 2. The van der Waals surface area contributed by atoms with Gasteiger partial charge in [-0.2, -0.15) is 0 Å². The molecule has 0 aliphatic carbocycles. The molecule has 2 rings (SSSR count). The molecule has 0 aromatic heterocycles. The van der Waals surface area contributed by atoms with E-state index < -0.39 is 0 Å². The minimum Gasteiger partial charge on any atom is -0.508 e. The normalized spacial score (nSPS) is 12.0. The second kappa shape index (κ2) is 7.04. The fraction of sp³-hybridized carbons (Fsp3) is 0.294. The van der Waals surface area contributed by atoms with Crippen LogP contribution >= 0.6 is 0 Å². The third-order valence-corrected chi connectivity index (χ3v) is 3.62. The number of hydrogen-bond acceptors (Lipinski definition) is 5. The quantitative estimate of drug-likeness (QED) is 0.764. The first-order chi connectivity index (χ1) is 10.6. The minimum absolute atomic E-state index is 0.00342. The van der Waals surface area contributed by atoms with Crippen molar-refractivity contribution < 1.29 is 24.8 Å².